The Morgan fingerprint density at radius 2 is 1.86 bits per heavy atom. The summed E-state index contributed by atoms with van der Waals surface area (Å²) in [5.74, 6) is -3.34. The van der Waals surface area contributed by atoms with Gasteiger partial charge in [-0.2, -0.15) is 0 Å². The van der Waals surface area contributed by atoms with Crippen LogP contribution in [-0.4, -0.2) is 15.3 Å². The first kappa shape index (κ1) is 15.8. The number of hydrogen-bond acceptors (Lipinski definition) is 2. The molecule has 1 atom stereocenters. The molecule has 0 aliphatic carbocycles. The van der Waals surface area contributed by atoms with E-state index in [9.17, 15) is 17.8 Å². The fourth-order valence-corrected chi connectivity index (χ4v) is 3.44. The number of carboxylic acids is 1. The zero-order valence-electron chi connectivity index (χ0n) is 10.5. The molecule has 0 amide bonds. The van der Waals surface area contributed by atoms with Gasteiger partial charge in [0.2, 0.25) is 0 Å². The molecule has 0 bridgehead atoms. The standard InChI is InChI=1S/C14H9BrF2O3S/c15-10-5-6-11(16)9(13(10)17)7-21(20)12-4-2-1-3-8(12)14(18)19/h1-6H,7H2,(H,18,19). The normalized spacial score (nSPS) is 12.1. The quantitative estimate of drug-likeness (QED) is 0.829. The lowest BCUT2D eigenvalue weighted by molar-refractivity contribution is 0.0693. The lowest BCUT2D eigenvalue weighted by Gasteiger charge is -2.08. The van der Waals surface area contributed by atoms with E-state index in [1.54, 1.807) is 0 Å². The molecular weight excluding hydrogens is 366 g/mol. The third-order valence-electron chi connectivity index (χ3n) is 2.78. The van der Waals surface area contributed by atoms with Crippen LogP contribution in [0.25, 0.3) is 0 Å². The maximum absolute atomic E-state index is 13.9. The van der Waals surface area contributed by atoms with Crippen LogP contribution in [0.2, 0.25) is 0 Å². The molecule has 0 heterocycles. The number of rotatable bonds is 4. The summed E-state index contributed by atoms with van der Waals surface area (Å²) in [6.45, 7) is 0. The van der Waals surface area contributed by atoms with Crippen LogP contribution in [0.15, 0.2) is 45.8 Å². The molecule has 0 radical (unpaired) electrons. The lowest BCUT2D eigenvalue weighted by Crippen LogP contribution is -2.08. The summed E-state index contributed by atoms with van der Waals surface area (Å²) in [5, 5.41) is 9.04. The second kappa shape index (κ2) is 6.44. The topological polar surface area (TPSA) is 54.4 Å². The number of halogens is 3. The highest BCUT2D eigenvalue weighted by Crippen LogP contribution is 2.25. The van der Waals surface area contributed by atoms with Gasteiger partial charge in [0, 0.05) is 5.56 Å². The smallest absolute Gasteiger partial charge is 0.336 e. The summed E-state index contributed by atoms with van der Waals surface area (Å²) >= 11 is 2.93. The van der Waals surface area contributed by atoms with Crippen molar-refractivity contribution in [3.05, 3.63) is 63.6 Å². The molecule has 0 saturated carbocycles. The van der Waals surface area contributed by atoms with Crippen molar-refractivity contribution in [2.24, 2.45) is 0 Å². The zero-order chi connectivity index (χ0) is 15.6. The molecule has 1 unspecified atom stereocenters. The summed E-state index contributed by atoms with van der Waals surface area (Å²) in [4.78, 5) is 11.1. The van der Waals surface area contributed by atoms with E-state index in [4.69, 9.17) is 5.11 Å². The number of benzene rings is 2. The van der Waals surface area contributed by atoms with Gasteiger partial charge in [-0.3, -0.25) is 4.21 Å². The number of aromatic carboxylic acids is 1. The molecule has 2 aromatic rings. The fraction of sp³-hybridized carbons (Fsp3) is 0.0714. The van der Waals surface area contributed by atoms with Crippen LogP contribution >= 0.6 is 15.9 Å². The Morgan fingerprint density at radius 3 is 2.52 bits per heavy atom. The Morgan fingerprint density at radius 1 is 1.19 bits per heavy atom. The second-order valence-electron chi connectivity index (χ2n) is 4.11. The Bertz CT molecular complexity index is 734. The van der Waals surface area contributed by atoms with Crippen molar-refractivity contribution in [3.8, 4) is 0 Å². The maximum Gasteiger partial charge on any atom is 0.336 e. The van der Waals surface area contributed by atoms with Crippen molar-refractivity contribution in [1.82, 2.24) is 0 Å². The average Bonchev–Trinajstić information content (AvgIpc) is 2.47. The van der Waals surface area contributed by atoms with Crippen LogP contribution in [0.4, 0.5) is 8.78 Å². The predicted molar refractivity (Wildman–Crippen MR) is 77.6 cm³/mol. The van der Waals surface area contributed by atoms with E-state index in [2.05, 4.69) is 15.9 Å². The fourth-order valence-electron chi connectivity index (χ4n) is 1.75. The Kier molecular flexibility index (Phi) is 4.84. The largest absolute Gasteiger partial charge is 0.478 e. The minimum absolute atomic E-state index is 0.0313. The molecule has 21 heavy (non-hydrogen) atoms. The Hall–Kier alpha value is -1.60. The number of hydrogen-bond donors (Lipinski definition) is 1. The Labute approximate surface area is 130 Å². The van der Waals surface area contributed by atoms with E-state index in [1.807, 2.05) is 0 Å². The van der Waals surface area contributed by atoms with Crippen LogP contribution in [0, 0.1) is 11.6 Å². The van der Waals surface area contributed by atoms with Crippen molar-refractivity contribution in [1.29, 1.82) is 0 Å². The molecule has 0 spiro atoms. The van der Waals surface area contributed by atoms with Gasteiger partial charge in [0.25, 0.3) is 0 Å². The third-order valence-corrected chi connectivity index (χ3v) is 4.79. The monoisotopic (exact) mass is 374 g/mol. The SMILES string of the molecule is O=C(O)c1ccccc1S(=O)Cc1c(F)ccc(Br)c1F. The van der Waals surface area contributed by atoms with Gasteiger partial charge in [0.05, 0.1) is 31.5 Å². The second-order valence-corrected chi connectivity index (χ2v) is 6.39. The first-order valence-electron chi connectivity index (χ1n) is 5.75. The van der Waals surface area contributed by atoms with Gasteiger partial charge >= 0.3 is 5.97 Å². The summed E-state index contributed by atoms with van der Waals surface area (Å²) in [6, 6.07) is 7.94. The van der Waals surface area contributed by atoms with Crippen molar-refractivity contribution < 1.29 is 22.9 Å². The number of carboxylic acid groups (broad SMARTS) is 1. The molecule has 0 saturated heterocycles. The molecule has 3 nitrogen and oxygen atoms in total. The van der Waals surface area contributed by atoms with E-state index in [-0.39, 0.29) is 20.5 Å². The first-order chi connectivity index (χ1) is 9.91. The maximum atomic E-state index is 13.9. The Balaban J connectivity index is 2.40. The van der Waals surface area contributed by atoms with Crippen LogP contribution in [0.5, 0.6) is 0 Å². The average molecular weight is 375 g/mol. The number of carbonyl (C=O) groups is 1. The van der Waals surface area contributed by atoms with Crippen molar-refractivity contribution >= 4 is 32.7 Å². The minimum Gasteiger partial charge on any atom is -0.478 e. The van der Waals surface area contributed by atoms with E-state index in [0.717, 1.165) is 6.07 Å². The van der Waals surface area contributed by atoms with E-state index >= 15 is 0 Å². The van der Waals surface area contributed by atoms with Crippen molar-refractivity contribution in [2.75, 3.05) is 0 Å². The molecule has 1 N–H and O–H groups in total. The van der Waals surface area contributed by atoms with Gasteiger partial charge in [-0.15, -0.1) is 0 Å². The van der Waals surface area contributed by atoms with Gasteiger partial charge in [-0.1, -0.05) is 12.1 Å². The van der Waals surface area contributed by atoms with Gasteiger partial charge in [0.1, 0.15) is 11.6 Å². The van der Waals surface area contributed by atoms with E-state index < -0.39 is 34.2 Å². The van der Waals surface area contributed by atoms with Crippen LogP contribution in [0.3, 0.4) is 0 Å². The summed E-state index contributed by atoms with van der Waals surface area (Å²) in [7, 11) is -1.88. The van der Waals surface area contributed by atoms with Gasteiger partial charge < -0.3 is 5.11 Å². The molecule has 7 heteroatoms. The molecular formula is C14H9BrF2O3S. The van der Waals surface area contributed by atoms with Crippen LogP contribution in [0.1, 0.15) is 15.9 Å². The summed E-state index contributed by atoms with van der Waals surface area (Å²) in [5.41, 5.74) is -0.491. The zero-order valence-corrected chi connectivity index (χ0v) is 12.9. The highest BCUT2D eigenvalue weighted by Gasteiger charge is 2.19. The first-order valence-corrected chi connectivity index (χ1v) is 7.86. The van der Waals surface area contributed by atoms with Crippen LogP contribution < -0.4 is 0 Å². The third kappa shape index (κ3) is 3.36. The summed E-state index contributed by atoms with van der Waals surface area (Å²) < 4.78 is 39.8. The molecule has 0 aliphatic rings. The predicted octanol–water partition coefficient (Wildman–Crippen LogP) is 3.73. The van der Waals surface area contributed by atoms with Gasteiger partial charge in [-0.25, -0.2) is 13.6 Å². The summed E-state index contributed by atoms with van der Waals surface area (Å²) in [6.07, 6.45) is 0. The lowest BCUT2D eigenvalue weighted by atomic mass is 10.2. The molecule has 2 rings (SSSR count). The highest BCUT2D eigenvalue weighted by atomic mass is 79.9. The molecule has 0 aromatic heterocycles. The van der Waals surface area contributed by atoms with Gasteiger partial charge in [0.15, 0.2) is 0 Å². The molecule has 110 valence electrons. The molecule has 0 fully saturated rings. The van der Waals surface area contributed by atoms with E-state index in [1.165, 1.54) is 30.3 Å². The van der Waals surface area contributed by atoms with Gasteiger partial charge in [-0.05, 0) is 40.2 Å². The minimum atomic E-state index is -1.88. The van der Waals surface area contributed by atoms with E-state index in [0.29, 0.717) is 0 Å². The van der Waals surface area contributed by atoms with Crippen molar-refractivity contribution in [3.63, 3.8) is 0 Å². The molecule has 2 aromatic carbocycles. The van der Waals surface area contributed by atoms with Crippen LogP contribution in [-0.2, 0) is 16.6 Å². The molecule has 0 aliphatic heterocycles. The highest BCUT2D eigenvalue weighted by molar-refractivity contribution is 9.10. The van der Waals surface area contributed by atoms with Crippen molar-refractivity contribution in [2.45, 2.75) is 10.6 Å².